The minimum Gasteiger partial charge on any atom is -0.408 e. The summed E-state index contributed by atoms with van der Waals surface area (Å²) in [7, 11) is 4.28. The number of anilines is 1. The van der Waals surface area contributed by atoms with E-state index >= 15 is 0 Å². The van der Waals surface area contributed by atoms with Crippen molar-refractivity contribution >= 4 is 6.01 Å². The van der Waals surface area contributed by atoms with E-state index in [2.05, 4.69) is 41.0 Å². The Morgan fingerprint density at radius 2 is 2.00 bits per heavy atom. The van der Waals surface area contributed by atoms with Crippen molar-refractivity contribution in [2.24, 2.45) is 5.92 Å². The Bertz CT molecular complexity index is 356. The second kappa shape index (κ2) is 6.18. The van der Waals surface area contributed by atoms with Crippen LogP contribution >= 0.6 is 0 Å². The summed E-state index contributed by atoms with van der Waals surface area (Å²) in [4.78, 5) is 4.49. The molecule has 1 fully saturated rings. The molecule has 0 amide bonds. The highest BCUT2D eigenvalue weighted by atomic mass is 16.4. The number of hydrogen-bond donors (Lipinski definition) is 0. The van der Waals surface area contributed by atoms with Crippen LogP contribution in [0.15, 0.2) is 4.42 Å². The van der Waals surface area contributed by atoms with E-state index in [1.807, 2.05) is 0 Å². The maximum atomic E-state index is 5.67. The van der Waals surface area contributed by atoms with Crippen molar-refractivity contribution in [2.45, 2.75) is 32.6 Å². The third kappa shape index (κ3) is 3.45. The second-order valence-electron chi connectivity index (χ2n) is 5.42. The molecule has 1 saturated heterocycles. The predicted molar refractivity (Wildman–Crippen MR) is 71.8 cm³/mol. The molecular formula is C13H24N4O. The van der Waals surface area contributed by atoms with Crippen molar-refractivity contribution in [3.63, 3.8) is 0 Å². The van der Waals surface area contributed by atoms with E-state index in [1.165, 1.54) is 19.4 Å². The number of piperidine rings is 1. The number of nitrogens with zero attached hydrogens (tertiary/aromatic N) is 4. The Labute approximate surface area is 109 Å². The Balaban J connectivity index is 1.84. The van der Waals surface area contributed by atoms with Gasteiger partial charge < -0.3 is 14.2 Å². The van der Waals surface area contributed by atoms with Gasteiger partial charge in [-0.15, -0.1) is 5.10 Å². The van der Waals surface area contributed by atoms with Crippen LogP contribution in [0.3, 0.4) is 0 Å². The van der Waals surface area contributed by atoms with Gasteiger partial charge in [0.2, 0.25) is 5.89 Å². The molecule has 2 heterocycles. The highest BCUT2D eigenvalue weighted by Gasteiger charge is 2.23. The Morgan fingerprint density at radius 1 is 1.28 bits per heavy atom. The van der Waals surface area contributed by atoms with Gasteiger partial charge in [-0.2, -0.15) is 0 Å². The van der Waals surface area contributed by atoms with Crippen LogP contribution in [-0.2, 0) is 6.42 Å². The first-order valence-corrected chi connectivity index (χ1v) is 6.91. The van der Waals surface area contributed by atoms with Crippen LogP contribution in [-0.4, -0.2) is 48.8 Å². The standard InChI is InChI=1S/C13H24N4O/c1-4-5-12-14-15-13(18-12)17-8-6-11(7-9-17)10-16(2)3/h11H,4-10H2,1-3H3. The summed E-state index contributed by atoms with van der Waals surface area (Å²) >= 11 is 0. The van der Waals surface area contributed by atoms with Crippen molar-refractivity contribution < 1.29 is 4.42 Å². The molecule has 0 radical (unpaired) electrons. The minimum atomic E-state index is 0.710. The molecule has 1 aliphatic heterocycles. The number of rotatable bonds is 5. The third-order valence-electron chi connectivity index (χ3n) is 3.43. The van der Waals surface area contributed by atoms with Gasteiger partial charge in [0, 0.05) is 26.1 Å². The molecule has 0 unspecified atom stereocenters. The molecule has 18 heavy (non-hydrogen) atoms. The Hall–Kier alpha value is -1.10. The zero-order valence-corrected chi connectivity index (χ0v) is 11.7. The molecule has 0 aromatic carbocycles. The highest BCUT2D eigenvalue weighted by Crippen LogP contribution is 2.22. The average Bonchev–Trinajstić information content (AvgIpc) is 2.78. The molecule has 1 aromatic heterocycles. The summed E-state index contributed by atoms with van der Waals surface area (Å²) in [6, 6.07) is 0.710. The molecule has 2 rings (SSSR count). The largest absolute Gasteiger partial charge is 0.408 e. The van der Waals surface area contributed by atoms with Gasteiger partial charge in [0.15, 0.2) is 0 Å². The van der Waals surface area contributed by atoms with Crippen LogP contribution in [0, 0.1) is 5.92 Å². The molecule has 0 aliphatic carbocycles. The summed E-state index contributed by atoms with van der Waals surface area (Å²) < 4.78 is 5.67. The van der Waals surface area contributed by atoms with Gasteiger partial charge in [-0.3, -0.25) is 0 Å². The number of hydrogen-bond acceptors (Lipinski definition) is 5. The van der Waals surface area contributed by atoms with Crippen LogP contribution in [0.5, 0.6) is 0 Å². The summed E-state index contributed by atoms with van der Waals surface area (Å²) in [5.74, 6) is 1.57. The van der Waals surface area contributed by atoms with Gasteiger partial charge in [-0.1, -0.05) is 12.0 Å². The van der Waals surface area contributed by atoms with Crippen molar-refractivity contribution in [2.75, 3.05) is 38.6 Å². The van der Waals surface area contributed by atoms with Crippen molar-refractivity contribution in [1.82, 2.24) is 15.1 Å². The van der Waals surface area contributed by atoms with Crippen molar-refractivity contribution in [3.05, 3.63) is 5.89 Å². The zero-order valence-electron chi connectivity index (χ0n) is 11.7. The van der Waals surface area contributed by atoms with Gasteiger partial charge in [0.05, 0.1) is 0 Å². The van der Waals surface area contributed by atoms with Gasteiger partial charge in [0.1, 0.15) is 0 Å². The molecule has 1 aliphatic rings. The summed E-state index contributed by atoms with van der Waals surface area (Å²) in [6.07, 6.45) is 4.35. The van der Waals surface area contributed by atoms with E-state index in [-0.39, 0.29) is 0 Å². The summed E-state index contributed by atoms with van der Waals surface area (Å²) in [5, 5.41) is 8.23. The number of aryl methyl sites for hydroxylation is 1. The van der Waals surface area contributed by atoms with Crippen LogP contribution in [0.25, 0.3) is 0 Å². The molecular weight excluding hydrogens is 228 g/mol. The Morgan fingerprint density at radius 3 is 2.61 bits per heavy atom. The van der Waals surface area contributed by atoms with Crippen LogP contribution in [0.4, 0.5) is 6.01 Å². The molecule has 0 bridgehead atoms. The SMILES string of the molecule is CCCc1nnc(N2CCC(CN(C)C)CC2)o1. The first-order valence-electron chi connectivity index (χ1n) is 6.91. The van der Waals surface area contributed by atoms with E-state index in [0.717, 1.165) is 37.7 Å². The fourth-order valence-corrected chi connectivity index (χ4v) is 2.51. The fourth-order valence-electron chi connectivity index (χ4n) is 2.51. The molecule has 0 atom stereocenters. The molecule has 1 aromatic rings. The van der Waals surface area contributed by atoms with E-state index in [9.17, 15) is 0 Å². The monoisotopic (exact) mass is 252 g/mol. The van der Waals surface area contributed by atoms with Gasteiger partial charge in [-0.25, -0.2) is 0 Å². The van der Waals surface area contributed by atoms with Crippen molar-refractivity contribution in [3.8, 4) is 0 Å². The van der Waals surface area contributed by atoms with Crippen LogP contribution in [0.2, 0.25) is 0 Å². The van der Waals surface area contributed by atoms with Gasteiger partial charge >= 0.3 is 6.01 Å². The summed E-state index contributed by atoms with van der Waals surface area (Å²) in [5.41, 5.74) is 0. The van der Waals surface area contributed by atoms with Crippen LogP contribution < -0.4 is 4.90 Å². The molecule has 102 valence electrons. The van der Waals surface area contributed by atoms with Gasteiger partial charge in [0.25, 0.3) is 0 Å². The summed E-state index contributed by atoms with van der Waals surface area (Å²) in [6.45, 7) is 5.37. The first kappa shape index (κ1) is 13.3. The van der Waals surface area contributed by atoms with Crippen LogP contribution in [0.1, 0.15) is 32.1 Å². The first-order chi connectivity index (χ1) is 8.69. The third-order valence-corrected chi connectivity index (χ3v) is 3.43. The molecule has 0 saturated carbocycles. The lowest BCUT2D eigenvalue weighted by atomic mass is 9.97. The van der Waals surface area contributed by atoms with E-state index in [0.29, 0.717) is 6.01 Å². The lowest BCUT2D eigenvalue weighted by molar-refractivity contribution is 0.280. The Kier molecular flexibility index (Phi) is 4.58. The lowest BCUT2D eigenvalue weighted by Crippen LogP contribution is -2.37. The molecule has 5 heteroatoms. The quantitative estimate of drug-likeness (QED) is 0.799. The predicted octanol–water partition coefficient (Wildman–Crippen LogP) is 1.80. The normalized spacial score (nSPS) is 17.7. The lowest BCUT2D eigenvalue weighted by Gasteiger charge is -2.31. The van der Waals surface area contributed by atoms with Gasteiger partial charge in [-0.05, 0) is 39.3 Å². The van der Waals surface area contributed by atoms with E-state index < -0.39 is 0 Å². The highest BCUT2D eigenvalue weighted by molar-refractivity contribution is 5.24. The second-order valence-corrected chi connectivity index (χ2v) is 5.42. The zero-order chi connectivity index (χ0) is 13.0. The van der Waals surface area contributed by atoms with Crippen molar-refractivity contribution in [1.29, 1.82) is 0 Å². The maximum absolute atomic E-state index is 5.67. The molecule has 0 spiro atoms. The number of aromatic nitrogens is 2. The fraction of sp³-hybridized carbons (Fsp3) is 0.846. The van der Waals surface area contributed by atoms with E-state index in [1.54, 1.807) is 0 Å². The van der Waals surface area contributed by atoms with E-state index in [4.69, 9.17) is 4.42 Å². The molecule has 0 N–H and O–H groups in total. The topological polar surface area (TPSA) is 45.4 Å². The molecule has 5 nitrogen and oxygen atoms in total. The average molecular weight is 252 g/mol. The maximum Gasteiger partial charge on any atom is 0.318 e. The minimum absolute atomic E-state index is 0.710. The smallest absolute Gasteiger partial charge is 0.318 e.